The molecule has 5 heteroatoms. The van der Waals surface area contributed by atoms with E-state index in [0.717, 1.165) is 5.56 Å². The first-order chi connectivity index (χ1) is 8.43. The Labute approximate surface area is 109 Å². The molecule has 0 radical (unpaired) electrons. The van der Waals surface area contributed by atoms with Crippen LogP contribution < -0.4 is 0 Å². The van der Waals surface area contributed by atoms with E-state index in [2.05, 4.69) is 0 Å². The predicted octanol–water partition coefficient (Wildman–Crippen LogP) is 2.12. The maximum atomic E-state index is 12.3. The zero-order valence-corrected chi connectivity index (χ0v) is 10.9. The Balaban J connectivity index is 2.13. The summed E-state index contributed by atoms with van der Waals surface area (Å²) in [5.41, 5.74) is 1.57. The zero-order valence-electron chi connectivity index (χ0n) is 10.1. The van der Waals surface area contributed by atoms with Crippen LogP contribution >= 0.6 is 11.8 Å². The molecule has 0 unspecified atom stereocenters. The molecule has 94 valence electrons. The quantitative estimate of drug-likeness (QED) is 0.843. The van der Waals surface area contributed by atoms with Crippen LogP contribution in [0, 0.1) is 0 Å². The van der Waals surface area contributed by atoms with Gasteiger partial charge in [-0.05, 0) is 25.5 Å². The Bertz CT molecular complexity index is 555. The van der Waals surface area contributed by atoms with Crippen molar-refractivity contribution in [3.05, 3.63) is 35.4 Å². The van der Waals surface area contributed by atoms with Gasteiger partial charge in [-0.25, -0.2) is 4.79 Å². The monoisotopic (exact) mass is 263 g/mol. The van der Waals surface area contributed by atoms with Crippen molar-refractivity contribution < 1.29 is 14.7 Å². The van der Waals surface area contributed by atoms with Gasteiger partial charge in [0.05, 0.1) is 0 Å². The number of fused-ring (bicyclic) bond motifs is 3. The summed E-state index contributed by atoms with van der Waals surface area (Å²) in [6.45, 7) is 3.76. The molecule has 0 saturated carbocycles. The number of benzene rings is 1. The van der Waals surface area contributed by atoms with E-state index in [-0.39, 0.29) is 11.3 Å². The molecule has 0 aliphatic carbocycles. The zero-order chi connectivity index (χ0) is 13.1. The summed E-state index contributed by atoms with van der Waals surface area (Å²) < 4.78 is -0.473. The van der Waals surface area contributed by atoms with Gasteiger partial charge in [0.1, 0.15) is 11.4 Å². The summed E-state index contributed by atoms with van der Waals surface area (Å²) in [6, 6.07) is 6.60. The highest BCUT2D eigenvalue weighted by Gasteiger charge is 2.57. The van der Waals surface area contributed by atoms with Crippen LogP contribution in [-0.4, -0.2) is 32.7 Å². The summed E-state index contributed by atoms with van der Waals surface area (Å²) in [7, 11) is 0. The molecule has 4 nitrogen and oxygen atoms in total. The van der Waals surface area contributed by atoms with E-state index in [9.17, 15) is 14.7 Å². The average Bonchev–Trinajstić information content (AvgIpc) is 2.72. The molecule has 0 aromatic heterocycles. The van der Waals surface area contributed by atoms with Crippen LogP contribution in [0.15, 0.2) is 24.3 Å². The second-order valence-corrected chi connectivity index (χ2v) is 6.85. The molecule has 18 heavy (non-hydrogen) atoms. The van der Waals surface area contributed by atoms with Gasteiger partial charge >= 0.3 is 5.97 Å². The van der Waals surface area contributed by atoms with Crippen LogP contribution in [0.4, 0.5) is 0 Å². The topological polar surface area (TPSA) is 57.6 Å². The number of nitrogens with zero attached hydrogens (tertiary/aromatic N) is 1. The van der Waals surface area contributed by atoms with E-state index in [4.69, 9.17) is 0 Å². The average molecular weight is 263 g/mol. The van der Waals surface area contributed by atoms with Crippen molar-refractivity contribution in [2.45, 2.75) is 30.0 Å². The third-order valence-corrected chi connectivity index (χ3v) is 5.07. The number of hydrogen-bond donors (Lipinski definition) is 1. The molecule has 1 aromatic carbocycles. The maximum Gasteiger partial charge on any atom is 0.327 e. The lowest BCUT2D eigenvalue weighted by molar-refractivity contribution is -0.142. The lowest BCUT2D eigenvalue weighted by atomic mass is 10.0. The van der Waals surface area contributed by atoms with Gasteiger partial charge in [-0.2, -0.15) is 0 Å². The summed E-state index contributed by atoms with van der Waals surface area (Å²) in [4.78, 5) is 25.3. The van der Waals surface area contributed by atoms with Gasteiger partial charge in [0, 0.05) is 10.3 Å². The normalized spacial score (nSPS) is 28.1. The third kappa shape index (κ3) is 1.34. The number of thioether (sulfide) groups is 1. The standard InChI is InChI=1S/C13H13NO3S/c1-13(2)9(12(16)17)14-10(15)7-5-3-4-6-8(7)11(14)18-13/h3-6,9,11H,1-2H3,(H,16,17)/t9-,11-/m0/s1. The molecular formula is C13H13NO3S. The molecule has 1 saturated heterocycles. The molecule has 0 spiro atoms. The summed E-state index contributed by atoms with van der Waals surface area (Å²) >= 11 is 1.55. The van der Waals surface area contributed by atoms with Gasteiger partial charge in [-0.15, -0.1) is 11.8 Å². The van der Waals surface area contributed by atoms with Crippen LogP contribution in [0.2, 0.25) is 0 Å². The predicted molar refractivity (Wildman–Crippen MR) is 68.4 cm³/mol. The lowest BCUT2D eigenvalue weighted by Crippen LogP contribution is -2.47. The highest BCUT2D eigenvalue weighted by molar-refractivity contribution is 8.01. The molecular weight excluding hydrogens is 250 g/mol. The minimum absolute atomic E-state index is 0.162. The van der Waals surface area contributed by atoms with Gasteiger partial charge in [0.15, 0.2) is 0 Å². The summed E-state index contributed by atoms with van der Waals surface area (Å²) in [5.74, 6) is -1.10. The van der Waals surface area contributed by atoms with E-state index in [1.807, 2.05) is 32.0 Å². The first-order valence-corrected chi connectivity index (χ1v) is 6.63. The van der Waals surface area contributed by atoms with Gasteiger partial charge in [-0.3, -0.25) is 4.79 Å². The van der Waals surface area contributed by atoms with Crippen molar-refractivity contribution in [3.63, 3.8) is 0 Å². The molecule has 1 aromatic rings. The van der Waals surface area contributed by atoms with Crippen molar-refractivity contribution in [2.24, 2.45) is 0 Å². The largest absolute Gasteiger partial charge is 0.480 e. The molecule has 0 bridgehead atoms. The Morgan fingerprint density at radius 2 is 2.06 bits per heavy atom. The summed E-state index contributed by atoms with van der Waals surface area (Å²) in [5, 5.41) is 9.22. The van der Waals surface area contributed by atoms with Gasteiger partial charge in [-0.1, -0.05) is 18.2 Å². The molecule has 2 aliphatic heterocycles. The van der Waals surface area contributed by atoms with Crippen LogP contribution in [0.5, 0.6) is 0 Å². The molecule has 2 atom stereocenters. The third-order valence-electron chi connectivity index (χ3n) is 3.53. The fourth-order valence-corrected chi connectivity index (χ4v) is 4.36. The van der Waals surface area contributed by atoms with Crippen LogP contribution in [0.3, 0.4) is 0 Å². The Morgan fingerprint density at radius 3 is 2.72 bits per heavy atom. The van der Waals surface area contributed by atoms with Crippen molar-refractivity contribution in [1.29, 1.82) is 0 Å². The van der Waals surface area contributed by atoms with E-state index >= 15 is 0 Å². The summed E-state index contributed by atoms with van der Waals surface area (Å²) in [6.07, 6.45) is 0. The minimum atomic E-state index is -0.934. The highest BCUT2D eigenvalue weighted by Crippen LogP contribution is 2.56. The number of hydrogen-bond acceptors (Lipinski definition) is 3. The fourth-order valence-electron chi connectivity index (χ4n) is 2.78. The van der Waals surface area contributed by atoms with Crippen molar-refractivity contribution in [1.82, 2.24) is 4.90 Å². The Kier molecular flexibility index (Phi) is 2.26. The Morgan fingerprint density at radius 1 is 1.39 bits per heavy atom. The molecule has 1 amide bonds. The van der Waals surface area contributed by atoms with Gasteiger partial charge in [0.2, 0.25) is 0 Å². The molecule has 1 fully saturated rings. The highest BCUT2D eigenvalue weighted by atomic mass is 32.2. The number of carboxylic acid groups (broad SMARTS) is 1. The van der Waals surface area contributed by atoms with Crippen molar-refractivity contribution in [2.75, 3.05) is 0 Å². The molecule has 3 rings (SSSR count). The molecule has 1 N–H and O–H groups in total. The number of amides is 1. The lowest BCUT2D eigenvalue weighted by Gasteiger charge is -2.26. The smallest absolute Gasteiger partial charge is 0.327 e. The van der Waals surface area contributed by atoms with Crippen molar-refractivity contribution >= 4 is 23.6 Å². The maximum absolute atomic E-state index is 12.3. The first-order valence-electron chi connectivity index (χ1n) is 5.76. The van der Waals surface area contributed by atoms with Crippen molar-refractivity contribution in [3.8, 4) is 0 Å². The SMILES string of the molecule is CC1(C)S[C@H]2c3ccccc3C(=O)N2[C@H]1C(=O)O. The minimum Gasteiger partial charge on any atom is -0.480 e. The van der Waals surface area contributed by atoms with Gasteiger partial charge < -0.3 is 10.0 Å². The van der Waals surface area contributed by atoms with Crippen LogP contribution in [0.1, 0.15) is 35.1 Å². The second-order valence-electron chi connectivity index (χ2n) is 5.11. The Hall–Kier alpha value is -1.49. The second kappa shape index (κ2) is 3.51. The number of aliphatic carboxylic acids is 1. The van der Waals surface area contributed by atoms with Crippen LogP contribution in [0.25, 0.3) is 0 Å². The van der Waals surface area contributed by atoms with E-state index in [1.54, 1.807) is 17.8 Å². The van der Waals surface area contributed by atoms with E-state index in [1.165, 1.54) is 4.90 Å². The van der Waals surface area contributed by atoms with Gasteiger partial charge in [0.25, 0.3) is 5.91 Å². The molecule has 2 heterocycles. The van der Waals surface area contributed by atoms with E-state index in [0.29, 0.717) is 5.56 Å². The fraction of sp³-hybridized carbons (Fsp3) is 0.385. The van der Waals surface area contributed by atoms with Crippen LogP contribution in [-0.2, 0) is 4.79 Å². The van der Waals surface area contributed by atoms with E-state index < -0.39 is 16.8 Å². The molecule has 2 aliphatic rings. The number of rotatable bonds is 1. The number of carbonyl (C=O) groups excluding carboxylic acids is 1. The number of carbonyl (C=O) groups is 2. The first kappa shape index (κ1) is 11.6. The number of carboxylic acids is 1.